The van der Waals surface area contributed by atoms with Crippen molar-refractivity contribution in [1.82, 2.24) is 39.5 Å². The molecule has 0 aliphatic carbocycles. The number of carbonyl (C=O) groups is 2. The normalized spacial score (nSPS) is 20.7. The van der Waals surface area contributed by atoms with E-state index in [1.54, 1.807) is 0 Å². The van der Waals surface area contributed by atoms with Gasteiger partial charge < -0.3 is 19.8 Å². The number of benzene rings is 4. The van der Waals surface area contributed by atoms with Crippen molar-refractivity contribution in [2.45, 2.75) is 102 Å². The molecular weight excluding hydrogens is 793 g/mol. The van der Waals surface area contributed by atoms with Crippen LogP contribution in [0.4, 0.5) is 0 Å². The lowest BCUT2D eigenvalue weighted by Crippen LogP contribution is -2.44. The Kier molecular flexibility index (Phi) is 12.3. The minimum atomic E-state index is -0.261. The number of likely N-dealkylation sites (tertiary alicyclic amines) is 4. The van der Waals surface area contributed by atoms with E-state index in [0.717, 1.165) is 158 Å². The molecule has 6 heterocycles. The summed E-state index contributed by atoms with van der Waals surface area (Å²) >= 11 is 0. The molecule has 0 bridgehead atoms. The van der Waals surface area contributed by atoms with Gasteiger partial charge in [0.05, 0.1) is 23.5 Å². The van der Waals surface area contributed by atoms with E-state index in [1.807, 2.05) is 36.4 Å². The molecule has 0 spiro atoms. The number of hydrogen-bond donors (Lipinski definition) is 2. The number of H-pyrrole nitrogens is 2. The van der Waals surface area contributed by atoms with E-state index in [-0.39, 0.29) is 36.0 Å². The summed E-state index contributed by atoms with van der Waals surface area (Å²) in [5, 5.41) is 0. The molecule has 2 aromatic heterocycles. The van der Waals surface area contributed by atoms with Crippen molar-refractivity contribution in [3.63, 3.8) is 0 Å². The van der Waals surface area contributed by atoms with Gasteiger partial charge in [-0.2, -0.15) is 0 Å². The Hall–Kier alpha value is -5.84. The van der Waals surface area contributed by atoms with Crippen LogP contribution >= 0.6 is 0 Å². The van der Waals surface area contributed by atoms with Crippen LogP contribution in [0.5, 0.6) is 0 Å². The fraction of sp³-hybridized carbons (Fsp3) is 0.407. The fourth-order valence-electron chi connectivity index (χ4n) is 11.1. The van der Waals surface area contributed by atoms with Crippen molar-refractivity contribution >= 4 is 11.8 Å². The second kappa shape index (κ2) is 18.7. The van der Waals surface area contributed by atoms with Gasteiger partial charge in [0.25, 0.3) is 0 Å². The number of amides is 2. The monoisotopic (exact) mass is 854 g/mol. The number of aromatic nitrogens is 4. The first-order valence-electron chi connectivity index (χ1n) is 23.9. The number of hydrogen-bond acceptors (Lipinski definition) is 6. The summed E-state index contributed by atoms with van der Waals surface area (Å²) < 4.78 is 0. The molecule has 2 unspecified atom stereocenters. The number of aryl methyl sites for hydroxylation is 2. The molecule has 4 aromatic carbocycles. The van der Waals surface area contributed by atoms with Crippen LogP contribution in [-0.2, 0) is 9.59 Å². The minimum Gasteiger partial charge on any atom is -0.344 e. The summed E-state index contributed by atoms with van der Waals surface area (Å²) in [5.74, 6) is 2.14. The largest absolute Gasteiger partial charge is 0.344 e. The lowest BCUT2D eigenvalue weighted by atomic mass is 10.00. The standard InChI is InChI=1S/C54H62N8O2/c1-37-47(57-51(55-37)45-21-15-35-61(45)53(63)49(43-17-7-3-8-18-43)59-31-11-5-12-32-59)41-27-23-39(24-28-41)40-25-29-42(30-26-40)48-38(2)56-52(58-48)46-22-16-36-62(46)54(64)50(44-19-9-4-10-20-44)60-33-13-6-14-34-60/h3-4,7-10,17-20,23-30,45-46,49-50H,5-6,11-16,21-22,31-36H2,1-2H3,(H,55,57)(H,56,58)/t45?,46?,49-,50-/m1/s1. The maximum Gasteiger partial charge on any atom is 0.245 e. The Bertz CT molecular complexity index is 2340. The Morgan fingerprint density at radius 2 is 0.828 bits per heavy atom. The second-order valence-electron chi connectivity index (χ2n) is 18.5. The van der Waals surface area contributed by atoms with Crippen molar-refractivity contribution in [2.24, 2.45) is 0 Å². The van der Waals surface area contributed by atoms with E-state index in [4.69, 9.17) is 9.97 Å². The number of nitrogens with one attached hydrogen (secondary N) is 2. The first-order chi connectivity index (χ1) is 31.4. The molecule has 4 fully saturated rings. The third kappa shape index (κ3) is 8.46. The third-order valence-electron chi connectivity index (χ3n) is 14.4. The van der Waals surface area contributed by atoms with Gasteiger partial charge in [-0.15, -0.1) is 0 Å². The van der Waals surface area contributed by atoms with Gasteiger partial charge in [-0.05, 0) is 114 Å². The Balaban J connectivity index is 0.829. The van der Waals surface area contributed by atoms with E-state index >= 15 is 0 Å². The molecule has 0 radical (unpaired) electrons. The van der Waals surface area contributed by atoms with Gasteiger partial charge in [0.15, 0.2) is 0 Å². The average molecular weight is 855 g/mol. The molecule has 4 aliphatic heterocycles. The van der Waals surface area contributed by atoms with Gasteiger partial charge >= 0.3 is 0 Å². The van der Waals surface area contributed by atoms with Crippen LogP contribution in [0, 0.1) is 13.8 Å². The van der Waals surface area contributed by atoms with Gasteiger partial charge in [-0.25, -0.2) is 9.97 Å². The zero-order valence-electron chi connectivity index (χ0n) is 37.5. The molecule has 330 valence electrons. The molecule has 10 nitrogen and oxygen atoms in total. The topological polar surface area (TPSA) is 104 Å². The first kappa shape index (κ1) is 42.1. The summed E-state index contributed by atoms with van der Waals surface area (Å²) in [5.41, 5.74) is 10.4. The smallest absolute Gasteiger partial charge is 0.245 e. The predicted molar refractivity (Wildman–Crippen MR) is 253 cm³/mol. The number of imidazole rings is 2. The molecule has 4 saturated heterocycles. The quantitative estimate of drug-likeness (QED) is 0.135. The first-order valence-corrected chi connectivity index (χ1v) is 23.9. The van der Waals surface area contributed by atoms with Gasteiger partial charge in [-0.1, -0.05) is 122 Å². The maximum atomic E-state index is 14.5. The van der Waals surface area contributed by atoms with Crippen LogP contribution in [0.25, 0.3) is 33.6 Å². The molecule has 64 heavy (non-hydrogen) atoms. The predicted octanol–water partition coefficient (Wildman–Crippen LogP) is 10.5. The van der Waals surface area contributed by atoms with E-state index in [0.29, 0.717) is 0 Å². The molecular formula is C54H62N8O2. The molecule has 2 N–H and O–H groups in total. The summed E-state index contributed by atoms with van der Waals surface area (Å²) in [6.45, 7) is 9.49. The molecule has 4 aliphatic rings. The summed E-state index contributed by atoms with van der Waals surface area (Å²) in [6.07, 6.45) is 10.7. The van der Waals surface area contributed by atoms with Gasteiger partial charge in [0, 0.05) is 35.6 Å². The van der Waals surface area contributed by atoms with Crippen LogP contribution in [0.1, 0.15) is 123 Å². The summed E-state index contributed by atoms with van der Waals surface area (Å²) in [7, 11) is 0. The number of piperidine rings is 2. The van der Waals surface area contributed by atoms with Crippen molar-refractivity contribution < 1.29 is 9.59 Å². The number of nitrogens with zero attached hydrogens (tertiary/aromatic N) is 6. The van der Waals surface area contributed by atoms with Crippen LogP contribution in [-0.4, -0.2) is 90.6 Å². The van der Waals surface area contributed by atoms with E-state index in [1.165, 1.54) is 12.8 Å². The van der Waals surface area contributed by atoms with Crippen LogP contribution in [0.2, 0.25) is 0 Å². The molecule has 6 aromatic rings. The van der Waals surface area contributed by atoms with Crippen LogP contribution in [0.15, 0.2) is 109 Å². The summed E-state index contributed by atoms with van der Waals surface area (Å²) in [4.78, 5) is 55.6. The molecule has 10 rings (SSSR count). The van der Waals surface area contributed by atoms with E-state index in [2.05, 4.69) is 116 Å². The van der Waals surface area contributed by atoms with Crippen LogP contribution in [0.3, 0.4) is 0 Å². The summed E-state index contributed by atoms with van der Waals surface area (Å²) in [6, 6.07) is 37.3. The Morgan fingerprint density at radius 3 is 1.20 bits per heavy atom. The highest BCUT2D eigenvalue weighted by Gasteiger charge is 2.41. The number of carbonyl (C=O) groups excluding carboxylic acids is 2. The highest BCUT2D eigenvalue weighted by atomic mass is 16.2. The SMILES string of the molecule is Cc1[nH]c(C2CCCN2C(=O)[C@@H](c2ccccc2)N2CCCCC2)nc1-c1ccc(-c2ccc(-c3nc(C4CCCN4C(=O)[C@@H](c4ccccc4)N4CCCCC4)[nH]c3C)cc2)cc1. The molecule has 10 heteroatoms. The van der Waals surface area contributed by atoms with E-state index in [9.17, 15) is 9.59 Å². The Morgan fingerprint density at radius 1 is 0.469 bits per heavy atom. The van der Waals surface area contributed by atoms with Crippen molar-refractivity contribution in [2.75, 3.05) is 39.3 Å². The van der Waals surface area contributed by atoms with Gasteiger partial charge in [0.1, 0.15) is 23.7 Å². The molecule has 4 atom stereocenters. The third-order valence-corrected chi connectivity index (χ3v) is 14.4. The molecule has 2 amide bonds. The number of rotatable bonds is 11. The lowest BCUT2D eigenvalue weighted by molar-refractivity contribution is -0.139. The van der Waals surface area contributed by atoms with Crippen LogP contribution < -0.4 is 0 Å². The minimum absolute atomic E-state index is 0.0704. The Labute approximate surface area is 378 Å². The highest BCUT2D eigenvalue weighted by molar-refractivity contribution is 5.85. The van der Waals surface area contributed by atoms with Crippen molar-refractivity contribution in [1.29, 1.82) is 0 Å². The highest BCUT2D eigenvalue weighted by Crippen LogP contribution is 2.39. The second-order valence-corrected chi connectivity index (χ2v) is 18.5. The van der Waals surface area contributed by atoms with Crippen molar-refractivity contribution in [3.05, 3.63) is 143 Å². The lowest BCUT2D eigenvalue weighted by Gasteiger charge is -2.37. The van der Waals surface area contributed by atoms with Crippen molar-refractivity contribution in [3.8, 4) is 33.6 Å². The number of aromatic amines is 2. The average Bonchev–Trinajstić information content (AvgIpc) is 4.18. The fourth-order valence-corrected chi connectivity index (χ4v) is 11.1. The molecule has 0 saturated carbocycles. The zero-order chi connectivity index (χ0) is 43.6. The zero-order valence-corrected chi connectivity index (χ0v) is 37.5. The van der Waals surface area contributed by atoms with Gasteiger partial charge in [-0.3, -0.25) is 19.4 Å². The maximum absolute atomic E-state index is 14.5. The van der Waals surface area contributed by atoms with E-state index < -0.39 is 0 Å². The van der Waals surface area contributed by atoms with Gasteiger partial charge in [0.2, 0.25) is 11.8 Å².